The number of sulfonamides is 1. The molecule has 26 heavy (non-hydrogen) atoms. The second kappa shape index (κ2) is 7.02. The summed E-state index contributed by atoms with van der Waals surface area (Å²) in [6.07, 6.45) is -0.133. The molecule has 1 aliphatic rings. The van der Waals surface area contributed by atoms with Crippen molar-refractivity contribution < 1.29 is 18.4 Å². The van der Waals surface area contributed by atoms with Crippen molar-refractivity contribution in [1.29, 1.82) is 0 Å². The summed E-state index contributed by atoms with van der Waals surface area (Å²) in [5, 5.41) is 21.1. The number of nitro groups is 1. The van der Waals surface area contributed by atoms with Crippen molar-refractivity contribution in [2.45, 2.75) is 17.4 Å². The highest BCUT2D eigenvalue weighted by Crippen LogP contribution is 2.29. The first-order valence-electron chi connectivity index (χ1n) is 8.04. The maximum Gasteiger partial charge on any atom is 0.270 e. The van der Waals surface area contributed by atoms with Crippen LogP contribution in [-0.2, 0) is 16.4 Å². The zero-order valence-electron chi connectivity index (χ0n) is 14.1. The standard InChI is InChI=1S/C17H19N3O5S/c1-19-8-7-12-9-13(5-6-16(12)19)17(21)11-18-26(24,25)15-4-2-3-14(10-15)20(22)23/h2-6,9-10,17-18,21H,7-8,11H2,1H3. The lowest BCUT2D eigenvalue weighted by molar-refractivity contribution is -0.385. The first-order chi connectivity index (χ1) is 12.3. The van der Waals surface area contributed by atoms with Gasteiger partial charge in [0.15, 0.2) is 0 Å². The fourth-order valence-electron chi connectivity index (χ4n) is 2.95. The van der Waals surface area contributed by atoms with Gasteiger partial charge in [-0.15, -0.1) is 0 Å². The maximum atomic E-state index is 12.3. The number of hydrogen-bond acceptors (Lipinski definition) is 6. The summed E-state index contributed by atoms with van der Waals surface area (Å²) in [6.45, 7) is 0.688. The van der Waals surface area contributed by atoms with Crippen molar-refractivity contribution in [3.63, 3.8) is 0 Å². The quantitative estimate of drug-likeness (QED) is 0.584. The van der Waals surface area contributed by atoms with Crippen LogP contribution in [0.1, 0.15) is 17.2 Å². The van der Waals surface area contributed by atoms with Crippen molar-refractivity contribution in [1.82, 2.24) is 4.72 Å². The van der Waals surface area contributed by atoms with Crippen LogP contribution in [0, 0.1) is 10.1 Å². The first kappa shape index (κ1) is 18.3. The van der Waals surface area contributed by atoms with Crippen LogP contribution in [0.2, 0.25) is 0 Å². The van der Waals surface area contributed by atoms with Crippen LogP contribution >= 0.6 is 0 Å². The molecule has 0 amide bonds. The Bertz CT molecular complexity index is 945. The molecule has 0 saturated carbocycles. The summed E-state index contributed by atoms with van der Waals surface area (Å²) < 4.78 is 26.9. The van der Waals surface area contributed by atoms with Crippen LogP contribution in [0.4, 0.5) is 11.4 Å². The SMILES string of the molecule is CN1CCc2cc(C(O)CNS(=O)(=O)c3cccc([N+](=O)[O-])c3)ccc21. The Labute approximate surface area is 151 Å². The molecule has 1 unspecified atom stereocenters. The van der Waals surface area contributed by atoms with Crippen molar-refractivity contribution in [3.8, 4) is 0 Å². The average molecular weight is 377 g/mol. The van der Waals surface area contributed by atoms with Gasteiger partial charge in [-0.25, -0.2) is 13.1 Å². The van der Waals surface area contributed by atoms with Gasteiger partial charge in [0.25, 0.3) is 5.69 Å². The minimum Gasteiger partial charge on any atom is -0.387 e. The van der Waals surface area contributed by atoms with Crippen molar-refractivity contribution >= 4 is 21.4 Å². The van der Waals surface area contributed by atoms with E-state index in [1.54, 1.807) is 6.07 Å². The molecule has 0 saturated heterocycles. The number of benzene rings is 2. The molecule has 0 aliphatic carbocycles. The van der Waals surface area contributed by atoms with Gasteiger partial charge in [-0.3, -0.25) is 10.1 Å². The number of aliphatic hydroxyl groups excluding tert-OH is 1. The molecule has 2 aromatic rings. The molecule has 8 nitrogen and oxygen atoms in total. The number of hydrogen-bond donors (Lipinski definition) is 2. The number of fused-ring (bicyclic) bond motifs is 1. The van der Waals surface area contributed by atoms with E-state index in [4.69, 9.17) is 0 Å². The molecule has 1 atom stereocenters. The summed E-state index contributed by atoms with van der Waals surface area (Å²) in [4.78, 5) is 12.0. The number of aliphatic hydroxyl groups is 1. The summed E-state index contributed by atoms with van der Waals surface area (Å²) in [6, 6.07) is 10.3. The fourth-order valence-corrected chi connectivity index (χ4v) is 4.03. The van der Waals surface area contributed by atoms with E-state index >= 15 is 0 Å². The molecule has 1 heterocycles. The van der Waals surface area contributed by atoms with Gasteiger partial charge in [-0.2, -0.15) is 0 Å². The van der Waals surface area contributed by atoms with E-state index in [0.29, 0.717) is 5.56 Å². The van der Waals surface area contributed by atoms with E-state index in [-0.39, 0.29) is 17.1 Å². The Morgan fingerprint density at radius 3 is 2.81 bits per heavy atom. The number of non-ortho nitro benzene ring substituents is 1. The number of nitrogens with one attached hydrogen (secondary N) is 1. The number of rotatable bonds is 6. The zero-order valence-corrected chi connectivity index (χ0v) is 14.9. The molecule has 0 spiro atoms. The van der Waals surface area contributed by atoms with Crippen molar-refractivity contribution in [2.75, 3.05) is 25.0 Å². The van der Waals surface area contributed by atoms with Crippen molar-refractivity contribution in [3.05, 3.63) is 63.7 Å². The fraction of sp³-hybridized carbons (Fsp3) is 0.294. The zero-order chi connectivity index (χ0) is 18.9. The molecule has 2 aromatic carbocycles. The summed E-state index contributed by atoms with van der Waals surface area (Å²) in [7, 11) is -1.97. The molecule has 0 bridgehead atoms. The van der Waals surface area contributed by atoms with Crippen LogP contribution in [0.5, 0.6) is 0 Å². The van der Waals surface area contributed by atoms with Crippen LogP contribution in [0.15, 0.2) is 47.4 Å². The van der Waals surface area contributed by atoms with E-state index < -0.39 is 21.1 Å². The number of nitrogens with zero attached hydrogens (tertiary/aromatic N) is 2. The third-order valence-electron chi connectivity index (χ3n) is 4.42. The minimum absolute atomic E-state index is 0.213. The van der Waals surface area contributed by atoms with E-state index in [1.165, 1.54) is 18.2 Å². The average Bonchev–Trinajstić information content (AvgIpc) is 3.00. The van der Waals surface area contributed by atoms with Gasteiger partial charge in [-0.1, -0.05) is 18.2 Å². The van der Waals surface area contributed by atoms with E-state index in [0.717, 1.165) is 30.3 Å². The largest absolute Gasteiger partial charge is 0.387 e. The smallest absolute Gasteiger partial charge is 0.270 e. The number of nitro benzene ring substituents is 1. The van der Waals surface area contributed by atoms with E-state index in [9.17, 15) is 23.6 Å². The first-order valence-corrected chi connectivity index (χ1v) is 9.52. The topological polar surface area (TPSA) is 113 Å². The molecule has 0 fully saturated rings. The summed E-state index contributed by atoms with van der Waals surface area (Å²) in [5.74, 6) is 0. The summed E-state index contributed by atoms with van der Waals surface area (Å²) >= 11 is 0. The van der Waals surface area contributed by atoms with Gasteiger partial charge in [0.05, 0.1) is 15.9 Å². The van der Waals surface area contributed by atoms with Gasteiger partial charge in [-0.05, 0) is 29.7 Å². The monoisotopic (exact) mass is 377 g/mol. The Kier molecular flexibility index (Phi) is 4.94. The lowest BCUT2D eigenvalue weighted by Gasteiger charge is -2.15. The van der Waals surface area contributed by atoms with Crippen LogP contribution in [0.3, 0.4) is 0 Å². The molecule has 0 radical (unpaired) electrons. The maximum absolute atomic E-state index is 12.3. The highest BCUT2D eigenvalue weighted by molar-refractivity contribution is 7.89. The minimum atomic E-state index is -3.96. The van der Waals surface area contributed by atoms with Gasteiger partial charge >= 0.3 is 0 Å². The molecular formula is C17H19N3O5S. The predicted molar refractivity (Wildman–Crippen MR) is 96.7 cm³/mol. The summed E-state index contributed by atoms with van der Waals surface area (Å²) in [5.41, 5.74) is 2.54. The Morgan fingerprint density at radius 1 is 1.31 bits per heavy atom. The lowest BCUT2D eigenvalue weighted by atomic mass is 10.0. The molecule has 1 aliphatic heterocycles. The number of likely N-dealkylation sites (N-methyl/N-ethyl adjacent to an activating group) is 1. The number of anilines is 1. The van der Waals surface area contributed by atoms with Gasteiger partial charge in [0.2, 0.25) is 10.0 Å². The second-order valence-electron chi connectivity index (χ2n) is 6.18. The normalized spacial score (nSPS) is 14.9. The van der Waals surface area contributed by atoms with Gasteiger partial charge in [0, 0.05) is 38.0 Å². The van der Waals surface area contributed by atoms with Crippen molar-refractivity contribution in [2.24, 2.45) is 0 Å². The molecule has 2 N–H and O–H groups in total. The third-order valence-corrected chi connectivity index (χ3v) is 5.84. The highest BCUT2D eigenvalue weighted by atomic mass is 32.2. The molecule has 0 aromatic heterocycles. The van der Waals surface area contributed by atoms with Crippen LogP contribution in [0.25, 0.3) is 0 Å². The van der Waals surface area contributed by atoms with Gasteiger partial charge in [0.1, 0.15) is 0 Å². The van der Waals surface area contributed by atoms with Gasteiger partial charge < -0.3 is 10.0 Å². The predicted octanol–water partition coefficient (Wildman–Crippen LogP) is 1.60. The third kappa shape index (κ3) is 3.69. The second-order valence-corrected chi connectivity index (χ2v) is 7.95. The lowest BCUT2D eigenvalue weighted by Crippen LogP contribution is -2.28. The van der Waals surface area contributed by atoms with Crippen LogP contribution < -0.4 is 9.62 Å². The molecular weight excluding hydrogens is 358 g/mol. The Balaban J connectivity index is 1.72. The molecule has 138 valence electrons. The van der Waals surface area contributed by atoms with Crippen LogP contribution in [-0.4, -0.2) is 38.6 Å². The van der Waals surface area contributed by atoms with E-state index in [1.807, 2.05) is 19.2 Å². The Morgan fingerprint density at radius 2 is 2.08 bits per heavy atom. The molecule has 3 rings (SSSR count). The highest BCUT2D eigenvalue weighted by Gasteiger charge is 2.21. The molecule has 9 heteroatoms. The Hall–Kier alpha value is -2.49. The van der Waals surface area contributed by atoms with E-state index in [2.05, 4.69) is 9.62 Å².